The lowest BCUT2D eigenvalue weighted by atomic mass is 10.0. The largest absolute Gasteiger partial charge is 0.333 e. The fourth-order valence-corrected chi connectivity index (χ4v) is 5.05. The normalized spacial score (nSPS) is 20.8. The summed E-state index contributed by atoms with van der Waals surface area (Å²) in [7, 11) is -3.10. The quantitative estimate of drug-likeness (QED) is 0.572. The number of benzene rings is 2. The monoisotopic (exact) mass is 434 g/mol. The molecule has 1 saturated heterocycles. The van der Waals surface area contributed by atoms with Gasteiger partial charge in [0.05, 0.1) is 11.5 Å². The lowest BCUT2D eigenvalue weighted by molar-refractivity contribution is 0.0929. The molecule has 0 saturated carbocycles. The zero-order valence-electron chi connectivity index (χ0n) is 13.6. The number of rotatable bonds is 4. The zero-order valence-corrected chi connectivity index (χ0v) is 16.7. The second-order valence-electron chi connectivity index (χ2n) is 6.24. The van der Waals surface area contributed by atoms with Crippen molar-refractivity contribution in [2.24, 2.45) is 0 Å². The average Bonchev–Trinajstić information content (AvgIpc) is 2.91. The van der Waals surface area contributed by atoms with Crippen molar-refractivity contribution < 1.29 is 13.2 Å². The van der Waals surface area contributed by atoms with Crippen molar-refractivity contribution in [2.75, 3.05) is 11.5 Å². The molecule has 26 heavy (non-hydrogen) atoms. The number of sulfone groups is 1. The van der Waals surface area contributed by atoms with Crippen molar-refractivity contribution in [3.8, 4) is 0 Å². The van der Waals surface area contributed by atoms with Gasteiger partial charge in [0.1, 0.15) is 6.17 Å². The van der Waals surface area contributed by atoms with Crippen molar-refractivity contribution in [1.29, 1.82) is 0 Å². The van der Waals surface area contributed by atoms with Gasteiger partial charge < -0.3 is 5.32 Å². The Bertz CT molecular complexity index is 923. The number of hydrogen-bond donors (Lipinski definition) is 2. The van der Waals surface area contributed by atoms with Crippen LogP contribution in [0, 0.1) is 0 Å². The standard InChI is InChI=1S/C17H17Cl3N2O3S/c18-17(19,20)16(21-12-8-9-26(24,25)10-12)22-15(23)14-7-3-5-11-4-1-2-6-13(11)14/h1-7,12,16,21H,8-10H2,(H,22,23)/t12-,16-/m1/s1. The second kappa shape index (κ2) is 7.52. The molecule has 0 spiro atoms. The molecule has 2 atom stereocenters. The van der Waals surface area contributed by atoms with Crippen LogP contribution in [-0.4, -0.2) is 41.8 Å². The Labute approximate surface area is 166 Å². The third-order valence-electron chi connectivity index (χ3n) is 4.27. The van der Waals surface area contributed by atoms with Gasteiger partial charge in [-0.1, -0.05) is 71.2 Å². The highest BCUT2D eigenvalue weighted by atomic mass is 35.6. The van der Waals surface area contributed by atoms with Crippen LogP contribution in [0.25, 0.3) is 10.8 Å². The van der Waals surface area contributed by atoms with Gasteiger partial charge in [-0.15, -0.1) is 0 Å². The van der Waals surface area contributed by atoms with Gasteiger partial charge in [0.25, 0.3) is 5.91 Å². The van der Waals surface area contributed by atoms with Crippen LogP contribution in [0.15, 0.2) is 42.5 Å². The number of amides is 1. The third-order valence-corrected chi connectivity index (χ3v) is 6.69. The Kier molecular flexibility index (Phi) is 5.70. The molecule has 0 radical (unpaired) electrons. The highest BCUT2D eigenvalue weighted by molar-refractivity contribution is 7.91. The van der Waals surface area contributed by atoms with Gasteiger partial charge >= 0.3 is 0 Å². The summed E-state index contributed by atoms with van der Waals surface area (Å²) >= 11 is 18.0. The average molecular weight is 436 g/mol. The minimum Gasteiger partial charge on any atom is -0.333 e. The first-order valence-corrected chi connectivity index (χ1v) is 10.9. The molecule has 5 nitrogen and oxygen atoms in total. The van der Waals surface area contributed by atoms with E-state index in [1.54, 1.807) is 12.1 Å². The lowest BCUT2D eigenvalue weighted by Crippen LogP contribution is -2.56. The van der Waals surface area contributed by atoms with Crippen LogP contribution in [0.3, 0.4) is 0 Å². The van der Waals surface area contributed by atoms with Crippen molar-refractivity contribution in [2.45, 2.75) is 22.4 Å². The van der Waals surface area contributed by atoms with E-state index in [1.807, 2.05) is 30.3 Å². The predicted molar refractivity (Wildman–Crippen MR) is 106 cm³/mol. The van der Waals surface area contributed by atoms with E-state index in [0.29, 0.717) is 12.0 Å². The van der Waals surface area contributed by atoms with Gasteiger partial charge in [-0.3, -0.25) is 10.1 Å². The smallest absolute Gasteiger partial charge is 0.253 e. The van der Waals surface area contributed by atoms with E-state index in [0.717, 1.165) is 10.8 Å². The van der Waals surface area contributed by atoms with E-state index in [2.05, 4.69) is 10.6 Å². The number of fused-ring (bicyclic) bond motifs is 1. The maximum atomic E-state index is 12.8. The number of nitrogens with one attached hydrogen (secondary N) is 2. The van der Waals surface area contributed by atoms with Crippen LogP contribution < -0.4 is 10.6 Å². The molecule has 9 heteroatoms. The molecule has 0 unspecified atom stereocenters. The molecule has 140 valence electrons. The maximum Gasteiger partial charge on any atom is 0.253 e. The number of hydrogen-bond acceptors (Lipinski definition) is 4. The molecule has 0 aromatic heterocycles. The molecule has 1 aliphatic heterocycles. The minimum atomic E-state index is -3.10. The van der Waals surface area contributed by atoms with Crippen molar-refractivity contribution in [3.05, 3.63) is 48.0 Å². The minimum absolute atomic E-state index is 0.0472. The summed E-state index contributed by atoms with van der Waals surface area (Å²) in [4.78, 5) is 12.8. The third kappa shape index (κ3) is 4.61. The summed E-state index contributed by atoms with van der Waals surface area (Å²) in [5, 5.41) is 7.33. The molecule has 1 fully saturated rings. The zero-order chi connectivity index (χ0) is 18.9. The fraction of sp³-hybridized carbons (Fsp3) is 0.353. The number of carbonyl (C=O) groups excluding carboxylic acids is 1. The molecule has 2 N–H and O–H groups in total. The van der Waals surface area contributed by atoms with E-state index in [4.69, 9.17) is 34.8 Å². The Morgan fingerprint density at radius 1 is 1.12 bits per heavy atom. The predicted octanol–water partition coefficient (Wildman–Crippen LogP) is 3.04. The molecule has 0 bridgehead atoms. The first-order valence-electron chi connectivity index (χ1n) is 7.97. The van der Waals surface area contributed by atoms with Gasteiger partial charge in [-0.25, -0.2) is 8.42 Å². The topological polar surface area (TPSA) is 75.3 Å². The summed E-state index contributed by atoms with van der Waals surface area (Å²) in [6, 6.07) is 12.5. The summed E-state index contributed by atoms with van der Waals surface area (Å²) in [6.07, 6.45) is -0.624. The van der Waals surface area contributed by atoms with E-state index in [1.165, 1.54) is 0 Å². The second-order valence-corrected chi connectivity index (χ2v) is 10.8. The van der Waals surface area contributed by atoms with Gasteiger partial charge in [-0.2, -0.15) is 0 Å². The van der Waals surface area contributed by atoms with Crippen LogP contribution in [-0.2, 0) is 9.84 Å². The lowest BCUT2D eigenvalue weighted by Gasteiger charge is -2.29. The van der Waals surface area contributed by atoms with Crippen LogP contribution in [0.1, 0.15) is 16.8 Å². The molecule has 1 heterocycles. The van der Waals surface area contributed by atoms with Gasteiger partial charge in [0.15, 0.2) is 9.84 Å². The first-order chi connectivity index (χ1) is 12.2. The highest BCUT2D eigenvalue weighted by Gasteiger charge is 2.38. The van der Waals surface area contributed by atoms with Crippen LogP contribution in [0.2, 0.25) is 0 Å². The molecule has 1 aliphatic rings. The van der Waals surface area contributed by atoms with E-state index >= 15 is 0 Å². The Morgan fingerprint density at radius 2 is 1.81 bits per heavy atom. The van der Waals surface area contributed by atoms with Crippen LogP contribution >= 0.6 is 34.8 Å². The summed E-state index contributed by atoms with van der Waals surface area (Å²) in [6.45, 7) is 0. The van der Waals surface area contributed by atoms with E-state index in [9.17, 15) is 13.2 Å². The van der Waals surface area contributed by atoms with Gasteiger partial charge in [0.2, 0.25) is 3.79 Å². The Hall–Kier alpha value is -1.05. The molecule has 0 aliphatic carbocycles. The molecule has 2 aromatic rings. The van der Waals surface area contributed by atoms with Crippen molar-refractivity contribution in [1.82, 2.24) is 10.6 Å². The van der Waals surface area contributed by atoms with E-state index in [-0.39, 0.29) is 17.5 Å². The summed E-state index contributed by atoms with van der Waals surface area (Å²) in [5.74, 6) is -0.380. The SMILES string of the molecule is O=C(N[C@@H](N[C@@H]1CCS(=O)(=O)C1)C(Cl)(Cl)Cl)c1cccc2ccccc12. The molecular formula is C17H17Cl3N2O3S. The molecular weight excluding hydrogens is 419 g/mol. The number of alkyl halides is 3. The first kappa shape index (κ1) is 19.7. The Morgan fingerprint density at radius 3 is 2.46 bits per heavy atom. The van der Waals surface area contributed by atoms with Crippen molar-refractivity contribution >= 4 is 61.3 Å². The number of halogens is 3. The van der Waals surface area contributed by atoms with Crippen LogP contribution in [0.5, 0.6) is 0 Å². The van der Waals surface area contributed by atoms with Crippen LogP contribution in [0.4, 0.5) is 0 Å². The van der Waals surface area contributed by atoms with Gasteiger partial charge in [0, 0.05) is 11.6 Å². The number of carbonyl (C=O) groups is 1. The van der Waals surface area contributed by atoms with Crippen molar-refractivity contribution in [3.63, 3.8) is 0 Å². The summed E-state index contributed by atoms with van der Waals surface area (Å²) in [5.41, 5.74) is 0.447. The van der Waals surface area contributed by atoms with Gasteiger partial charge in [-0.05, 0) is 23.3 Å². The highest BCUT2D eigenvalue weighted by Crippen LogP contribution is 2.30. The maximum absolute atomic E-state index is 12.8. The summed E-state index contributed by atoms with van der Waals surface area (Å²) < 4.78 is 21.4. The Balaban J connectivity index is 1.81. The molecule has 1 amide bonds. The molecule has 3 rings (SSSR count). The molecule has 2 aromatic carbocycles. The fourth-order valence-electron chi connectivity index (χ4n) is 3.01. The van der Waals surface area contributed by atoms with E-state index < -0.39 is 25.7 Å².